The third kappa shape index (κ3) is 14.6. The number of aromatic nitrogens is 6. The molecule has 2 aromatic rings. The zero-order valence-electron chi connectivity index (χ0n) is 28.9. The molecule has 0 amide bonds. The van der Waals surface area contributed by atoms with Crippen LogP contribution in [-0.4, -0.2) is 85.4 Å². The largest absolute Gasteiger partial charge is 0.356 e. The first-order chi connectivity index (χ1) is 25.0. The molecule has 0 aliphatic rings. The van der Waals surface area contributed by atoms with Gasteiger partial charge in [0.05, 0.1) is 12.8 Å². The summed E-state index contributed by atoms with van der Waals surface area (Å²) in [6, 6.07) is 0. The molecule has 0 saturated carbocycles. The molecular formula is C30H48N6O10S6. The summed E-state index contributed by atoms with van der Waals surface area (Å²) in [7, 11) is 0. The molecule has 2 aromatic heterocycles. The highest BCUT2D eigenvalue weighted by Crippen LogP contribution is 2.08. The van der Waals surface area contributed by atoms with Crippen LogP contribution >= 0.6 is 74.0 Å². The smallest absolute Gasteiger partial charge is 0.247 e. The van der Waals surface area contributed by atoms with Crippen LogP contribution in [0.1, 0.15) is 51.4 Å². The Morgan fingerprint density at radius 3 is 0.865 bits per heavy atom. The van der Waals surface area contributed by atoms with Gasteiger partial charge in [0.1, 0.15) is 0 Å². The minimum atomic E-state index is -0.728. The zero-order chi connectivity index (χ0) is 38.5. The summed E-state index contributed by atoms with van der Waals surface area (Å²) in [6.07, 6.45) is 2.79. The SMILES string of the molecule is O=C(CCSCCCn1c(=O)n(CCCS)c(=O)n(CCCS)c1=O)OOC(=O)CCSCCCn1c(=O)n(CCCS)c(=O)n(CCCS)c1=O. The third-order valence-electron chi connectivity index (χ3n) is 7.40. The lowest BCUT2D eigenvalue weighted by molar-refractivity contribution is -0.258. The molecule has 0 bridgehead atoms. The zero-order valence-corrected chi connectivity index (χ0v) is 34.1. The Kier molecular flexibility index (Phi) is 22.8. The topological polar surface area (TPSA) is 185 Å². The molecule has 0 radical (unpaired) electrons. The second kappa shape index (κ2) is 25.8. The number of carbonyl (C=O) groups is 2. The molecule has 0 atom stereocenters. The van der Waals surface area contributed by atoms with Crippen molar-refractivity contribution in [2.45, 2.75) is 90.6 Å². The molecule has 0 aliphatic heterocycles. The Morgan fingerprint density at radius 1 is 0.404 bits per heavy atom. The highest BCUT2D eigenvalue weighted by atomic mass is 32.2. The quantitative estimate of drug-likeness (QED) is 0.0450. The minimum Gasteiger partial charge on any atom is -0.247 e. The Bertz CT molecular complexity index is 1580. The van der Waals surface area contributed by atoms with Crippen molar-refractivity contribution in [1.29, 1.82) is 0 Å². The Labute approximate surface area is 330 Å². The van der Waals surface area contributed by atoms with Crippen LogP contribution in [0.3, 0.4) is 0 Å². The standard InChI is InChI=1S/C30H48N6O10S6/c37-23(7-21-51-19-5-13-35-27(41)31(9-1-15-47)25(39)32(28(35)42)10-2-16-48)45-46-24(38)8-22-52-20-6-14-36-29(43)33(11-3-17-49)26(40)34(30(36)44)12-4-18-50/h47-50H,1-22H2. The summed E-state index contributed by atoms with van der Waals surface area (Å²) in [6.45, 7) is 0.843. The average molecular weight is 845 g/mol. The van der Waals surface area contributed by atoms with E-state index in [-0.39, 0.29) is 52.1 Å². The van der Waals surface area contributed by atoms with Crippen molar-refractivity contribution in [3.05, 3.63) is 62.9 Å². The van der Waals surface area contributed by atoms with E-state index < -0.39 is 46.1 Å². The number of thioether (sulfide) groups is 2. The molecule has 2 heterocycles. The van der Waals surface area contributed by atoms with Gasteiger partial charge >= 0.3 is 46.1 Å². The van der Waals surface area contributed by atoms with E-state index in [2.05, 4.69) is 60.3 Å². The molecule has 52 heavy (non-hydrogen) atoms. The van der Waals surface area contributed by atoms with Gasteiger partial charge in [-0.3, -0.25) is 0 Å². The van der Waals surface area contributed by atoms with Gasteiger partial charge in [0.25, 0.3) is 0 Å². The van der Waals surface area contributed by atoms with Gasteiger partial charge in [0, 0.05) is 50.8 Å². The van der Waals surface area contributed by atoms with Gasteiger partial charge in [0.15, 0.2) is 0 Å². The number of rotatable bonds is 26. The number of hydrogen-bond donors (Lipinski definition) is 4. The summed E-state index contributed by atoms with van der Waals surface area (Å²) in [4.78, 5) is 110. The van der Waals surface area contributed by atoms with Gasteiger partial charge in [-0.25, -0.2) is 75.5 Å². The van der Waals surface area contributed by atoms with E-state index in [0.29, 0.717) is 84.5 Å². The molecule has 294 valence electrons. The predicted octanol–water partition coefficient (Wildman–Crippen LogP) is 0.665. The number of thiol groups is 4. The normalized spacial score (nSPS) is 11.2. The lowest BCUT2D eigenvalue weighted by Gasteiger charge is -2.13. The third-order valence-corrected chi connectivity index (χ3v) is 10.8. The summed E-state index contributed by atoms with van der Waals surface area (Å²) in [5.41, 5.74) is -3.90. The van der Waals surface area contributed by atoms with Crippen LogP contribution in [0.25, 0.3) is 0 Å². The Morgan fingerprint density at radius 2 is 0.635 bits per heavy atom. The maximum atomic E-state index is 12.9. The van der Waals surface area contributed by atoms with Crippen LogP contribution in [-0.2, 0) is 58.6 Å². The predicted molar refractivity (Wildman–Crippen MR) is 218 cm³/mol. The lowest BCUT2D eigenvalue weighted by atomic mass is 10.4. The molecule has 0 aromatic carbocycles. The van der Waals surface area contributed by atoms with E-state index in [1.54, 1.807) is 0 Å². The van der Waals surface area contributed by atoms with Gasteiger partial charge in [-0.2, -0.15) is 74.0 Å². The molecular weight excluding hydrogens is 797 g/mol. The van der Waals surface area contributed by atoms with Gasteiger partial charge < -0.3 is 0 Å². The molecule has 16 nitrogen and oxygen atoms in total. The highest BCUT2D eigenvalue weighted by molar-refractivity contribution is 7.99. The van der Waals surface area contributed by atoms with Crippen molar-refractivity contribution in [3.63, 3.8) is 0 Å². The maximum Gasteiger partial charge on any atom is 0.356 e. The van der Waals surface area contributed by atoms with E-state index in [9.17, 15) is 38.4 Å². The first-order valence-corrected chi connectivity index (χ1v) is 21.8. The Balaban J connectivity index is 1.72. The molecule has 0 unspecified atom stereocenters. The Hall–Kier alpha value is -2.14. The lowest BCUT2D eigenvalue weighted by Crippen LogP contribution is -2.54. The average Bonchev–Trinajstić information content (AvgIpc) is 3.12. The minimum absolute atomic E-state index is 0.0323. The van der Waals surface area contributed by atoms with E-state index in [0.717, 1.165) is 27.4 Å². The van der Waals surface area contributed by atoms with E-state index in [1.165, 1.54) is 23.5 Å². The summed E-state index contributed by atoms with van der Waals surface area (Å²) in [5, 5.41) is 0. The molecule has 0 N–H and O–H groups in total. The van der Waals surface area contributed by atoms with Crippen molar-refractivity contribution in [2.75, 3.05) is 46.0 Å². The van der Waals surface area contributed by atoms with Gasteiger partial charge in [-0.15, -0.1) is 0 Å². The fourth-order valence-electron chi connectivity index (χ4n) is 4.77. The molecule has 0 saturated heterocycles. The van der Waals surface area contributed by atoms with Crippen molar-refractivity contribution >= 4 is 86.0 Å². The van der Waals surface area contributed by atoms with Crippen LogP contribution in [0, 0.1) is 0 Å². The molecule has 0 aliphatic carbocycles. The summed E-state index contributed by atoms with van der Waals surface area (Å²) < 4.78 is 6.37. The van der Waals surface area contributed by atoms with E-state index in [1.807, 2.05) is 0 Å². The van der Waals surface area contributed by atoms with Crippen LogP contribution in [0.5, 0.6) is 0 Å². The monoisotopic (exact) mass is 844 g/mol. The van der Waals surface area contributed by atoms with Crippen molar-refractivity contribution in [2.24, 2.45) is 0 Å². The fraction of sp³-hybridized carbons (Fsp3) is 0.733. The van der Waals surface area contributed by atoms with Gasteiger partial charge in [0.2, 0.25) is 0 Å². The van der Waals surface area contributed by atoms with Crippen LogP contribution in [0.2, 0.25) is 0 Å². The van der Waals surface area contributed by atoms with Crippen molar-refractivity contribution in [3.8, 4) is 0 Å². The first-order valence-electron chi connectivity index (χ1n) is 16.9. The fourth-order valence-corrected chi connectivity index (χ4v) is 7.03. The summed E-state index contributed by atoms with van der Waals surface area (Å²) >= 11 is 19.4. The van der Waals surface area contributed by atoms with E-state index >= 15 is 0 Å². The second-order valence-corrected chi connectivity index (χ2v) is 15.5. The molecule has 2 rings (SSSR count). The molecule has 0 fully saturated rings. The van der Waals surface area contributed by atoms with Crippen LogP contribution < -0.4 is 34.1 Å². The molecule has 22 heteroatoms. The highest BCUT2D eigenvalue weighted by Gasteiger charge is 2.17. The van der Waals surface area contributed by atoms with Crippen LogP contribution in [0.4, 0.5) is 0 Å². The number of nitrogens with zero attached hydrogens (tertiary/aromatic N) is 6. The maximum absolute atomic E-state index is 12.9. The van der Waals surface area contributed by atoms with Crippen molar-refractivity contribution < 1.29 is 19.4 Å². The second-order valence-electron chi connectivity index (χ2n) is 11.3. The van der Waals surface area contributed by atoms with Crippen molar-refractivity contribution in [1.82, 2.24) is 27.4 Å². The molecule has 0 spiro atoms. The number of hydrogen-bond acceptors (Lipinski definition) is 16. The van der Waals surface area contributed by atoms with Gasteiger partial charge in [-0.1, -0.05) is 0 Å². The van der Waals surface area contributed by atoms with E-state index in [4.69, 9.17) is 0 Å². The first kappa shape index (κ1) is 46.0. The number of carbonyl (C=O) groups excluding carboxylic acids is 2. The summed E-state index contributed by atoms with van der Waals surface area (Å²) in [5.74, 6) is 2.20. The van der Waals surface area contributed by atoms with Gasteiger partial charge in [-0.05, 0) is 73.0 Å². The van der Waals surface area contributed by atoms with Crippen LogP contribution in [0.15, 0.2) is 28.8 Å².